The summed E-state index contributed by atoms with van der Waals surface area (Å²) in [6, 6.07) is 13.6. The maximum atomic E-state index is 13.3. The zero-order valence-corrected chi connectivity index (χ0v) is 15.4. The topological polar surface area (TPSA) is 50.5 Å². The molecule has 3 aromatic rings. The fraction of sp³-hybridized carbons (Fsp3) is 0.409. The molecule has 0 radical (unpaired) electrons. The number of rotatable bonds is 4. The maximum absolute atomic E-state index is 13.3. The minimum Gasteiger partial charge on any atom is -0.293 e. The Kier molecular flexibility index (Phi) is 4.24. The summed E-state index contributed by atoms with van der Waals surface area (Å²) in [4.78, 5) is 24.5. The third-order valence-corrected chi connectivity index (χ3v) is 6.25. The highest BCUT2D eigenvalue weighted by atomic mass is 16.1. The van der Waals surface area contributed by atoms with Crippen molar-refractivity contribution < 1.29 is 4.79 Å². The monoisotopic (exact) mass is 360 g/mol. The number of Topliss-reactive ketones (excluding diaryl/α,β-unsaturated/α-hetero) is 1. The lowest BCUT2D eigenvalue weighted by Gasteiger charge is -2.48. The molecule has 2 bridgehead atoms. The first-order chi connectivity index (χ1) is 13.3. The quantitative estimate of drug-likeness (QED) is 0.665. The molecular formula is C22H24N4O. The van der Waals surface area contributed by atoms with Crippen LogP contribution in [0.1, 0.15) is 48.2 Å². The molecule has 2 saturated heterocycles. The summed E-state index contributed by atoms with van der Waals surface area (Å²) in [5.74, 6) is 0.918. The molecule has 2 aromatic heterocycles. The molecule has 2 fully saturated rings. The van der Waals surface area contributed by atoms with Gasteiger partial charge in [0.15, 0.2) is 5.78 Å². The smallest absolute Gasteiger partial charge is 0.234 e. The Morgan fingerprint density at radius 3 is 2.59 bits per heavy atom. The van der Waals surface area contributed by atoms with Crippen molar-refractivity contribution in [2.45, 2.75) is 50.7 Å². The van der Waals surface area contributed by atoms with Crippen molar-refractivity contribution in [1.82, 2.24) is 19.3 Å². The second kappa shape index (κ2) is 6.89. The molecule has 0 spiro atoms. The molecule has 1 aromatic carbocycles. The van der Waals surface area contributed by atoms with Crippen LogP contribution in [0.3, 0.4) is 0 Å². The number of fused-ring (bicyclic) bond motifs is 3. The summed E-state index contributed by atoms with van der Waals surface area (Å²) in [7, 11) is 0. The Balaban J connectivity index is 1.37. The van der Waals surface area contributed by atoms with Crippen LogP contribution in [0.4, 0.5) is 0 Å². The highest BCUT2D eigenvalue weighted by molar-refractivity contribution is 5.97. The van der Waals surface area contributed by atoms with Crippen molar-refractivity contribution in [3.8, 4) is 0 Å². The number of hydrogen-bond donors (Lipinski definition) is 0. The van der Waals surface area contributed by atoms with Crippen molar-refractivity contribution in [1.29, 1.82) is 0 Å². The first-order valence-corrected chi connectivity index (χ1v) is 9.91. The van der Waals surface area contributed by atoms with Gasteiger partial charge in [-0.15, -0.1) is 0 Å². The van der Waals surface area contributed by atoms with Gasteiger partial charge in [-0.1, -0.05) is 36.8 Å². The van der Waals surface area contributed by atoms with E-state index in [4.69, 9.17) is 0 Å². The van der Waals surface area contributed by atoms with Crippen molar-refractivity contribution in [2.24, 2.45) is 5.92 Å². The minimum atomic E-state index is 0.0902. The lowest BCUT2D eigenvalue weighted by Crippen LogP contribution is -2.52. The molecule has 0 amide bonds. The molecule has 2 unspecified atom stereocenters. The Bertz CT molecular complexity index is 937. The number of piperidine rings is 2. The van der Waals surface area contributed by atoms with Gasteiger partial charge in [-0.2, -0.15) is 0 Å². The van der Waals surface area contributed by atoms with Gasteiger partial charge in [-0.25, -0.2) is 9.97 Å². The SMILES string of the molecule is O=C(c1cnc2ncccn12)C1CC2CCCC(C1)N2Cc1ccccc1. The predicted molar refractivity (Wildman–Crippen MR) is 103 cm³/mol. The van der Waals surface area contributed by atoms with Crippen molar-refractivity contribution in [3.63, 3.8) is 0 Å². The third-order valence-electron chi connectivity index (χ3n) is 6.25. The van der Waals surface area contributed by atoms with Gasteiger partial charge >= 0.3 is 0 Å². The van der Waals surface area contributed by atoms with Crippen LogP contribution in [0.15, 0.2) is 55.0 Å². The van der Waals surface area contributed by atoms with E-state index in [1.807, 2.05) is 16.7 Å². The van der Waals surface area contributed by atoms with E-state index < -0.39 is 0 Å². The van der Waals surface area contributed by atoms with Gasteiger partial charge in [-0.3, -0.25) is 14.1 Å². The molecule has 0 N–H and O–H groups in total. The summed E-state index contributed by atoms with van der Waals surface area (Å²) >= 11 is 0. The van der Waals surface area contributed by atoms with Gasteiger partial charge in [0.25, 0.3) is 0 Å². The molecule has 4 heterocycles. The van der Waals surface area contributed by atoms with E-state index in [0.717, 1.165) is 19.4 Å². The normalized spacial score (nSPS) is 25.6. The highest BCUT2D eigenvalue weighted by Gasteiger charge is 2.41. The molecule has 0 aliphatic carbocycles. The van der Waals surface area contributed by atoms with Gasteiger partial charge in [-0.05, 0) is 37.3 Å². The van der Waals surface area contributed by atoms with Crippen LogP contribution in [0.25, 0.3) is 5.78 Å². The van der Waals surface area contributed by atoms with Crippen molar-refractivity contribution in [2.75, 3.05) is 0 Å². The van der Waals surface area contributed by atoms with Crippen molar-refractivity contribution in [3.05, 3.63) is 66.2 Å². The Labute approximate surface area is 159 Å². The summed E-state index contributed by atoms with van der Waals surface area (Å²) in [6.45, 7) is 0.997. The summed E-state index contributed by atoms with van der Waals surface area (Å²) < 4.78 is 1.83. The van der Waals surface area contributed by atoms with E-state index in [9.17, 15) is 4.79 Å². The number of benzene rings is 1. The number of nitrogens with zero attached hydrogens (tertiary/aromatic N) is 4. The summed E-state index contributed by atoms with van der Waals surface area (Å²) in [6.07, 6.45) is 10.9. The summed E-state index contributed by atoms with van der Waals surface area (Å²) in [5.41, 5.74) is 2.05. The van der Waals surface area contributed by atoms with E-state index >= 15 is 0 Å². The number of carbonyl (C=O) groups is 1. The van der Waals surface area contributed by atoms with Gasteiger partial charge in [0.05, 0.1) is 6.20 Å². The van der Waals surface area contributed by atoms with Crippen molar-refractivity contribution >= 4 is 11.6 Å². The molecule has 2 aliphatic heterocycles. The molecule has 5 heteroatoms. The Morgan fingerprint density at radius 2 is 1.81 bits per heavy atom. The lowest BCUT2D eigenvalue weighted by atomic mass is 9.76. The van der Waals surface area contributed by atoms with E-state index in [1.54, 1.807) is 12.4 Å². The van der Waals surface area contributed by atoms with Crippen LogP contribution in [0.2, 0.25) is 0 Å². The molecule has 2 aliphatic rings. The molecule has 5 rings (SSSR count). The molecule has 138 valence electrons. The first-order valence-electron chi connectivity index (χ1n) is 9.91. The standard InChI is InChI=1S/C22H24N4O/c27-21(20-14-24-22-23-10-5-11-25(20)22)17-12-18-8-4-9-19(13-17)26(18)15-16-6-2-1-3-7-16/h1-3,5-7,10-11,14,17-19H,4,8-9,12-13,15H2. The zero-order valence-electron chi connectivity index (χ0n) is 15.4. The second-order valence-electron chi connectivity index (χ2n) is 7.86. The van der Waals surface area contributed by atoms with Crippen LogP contribution >= 0.6 is 0 Å². The largest absolute Gasteiger partial charge is 0.293 e. The number of carbonyl (C=O) groups excluding carboxylic acids is 1. The molecule has 5 nitrogen and oxygen atoms in total. The minimum absolute atomic E-state index is 0.0902. The number of hydrogen-bond acceptors (Lipinski definition) is 4. The Hall–Kier alpha value is -2.53. The van der Waals surface area contributed by atoms with E-state index in [1.165, 1.54) is 24.8 Å². The van der Waals surface area contributed by atoms with Crippen LogP contribution < -0.4 is 0 Å². The zero-order chi connectivity index (χ0) is 18.2. The molecule has 2 atom stereocenters. The first kappa shape index (κ1) is 16.6. The molecule has 27 heavy (non-hydrogen) atoms. The van der Waals surface area contributed by atoms with Gasteiger partial charge in [0.1, 0.15) is 5.69 Å². The summed E-state index contributed by atoms with van der Waals surface area (Å²) in [5, 5.41) is 0. The number of imidazole rings is 1. The van der Waals surface area contributed by atoms with Crippen LogP contribution in [-0.2, 0) is 6.54 Å². The predicted octanol–water partition coefficient (Wildman–Crippen LogP) is 3.75. The van der Waals surface area contributed by atoms with Crippen LogP contribution in [0.5, 0.6) is 0 Å². The third kappa shape index (κ3) is 3.06. The highest BCUT2D eigenvalue weighted by Crippen LogP contribution is 2.39. The molecule has 0 saturated carbocycles. The lowest BCUT2D eigenvalue weighted by molar-refractivity contribution is 0.00889. The van der Waals surface area contributed by atoms with Crippen LogP contribution in [-0.4, -0.2) is 37.1 Å². The van der Waals surface area contributed by atoms with Gasteiger partial charge in [0, 0.05) is 36.9 Å². The van der Waals surface area contributed by atoms with Gasteiger partial charge in [0.2, 0.25) is 5.78 Å². The van der Waals surface area contributed by atoms with E-state index in [2.05, 4.69) is 45.2 Å². The molecular weight excluding hydrogens is 336 g/mol. The average Bonchev–Trinajstić information content (AvgIpc) is 3.12. The number of ketones is 1. The fourth-order valence-electron chi connectivity index (χ4n) is 4.96. The van der Waals surface area contributed by atoms with Crippen LogP contribution in [0, 0.1) is 5.92 Å². The van der Waals surface area contributed by atoms with Gasteiger partial charge < -0.3 is 0 Å². The average molecular weight is 360 g/mol. The maximum Gasteiger partial charge on any atom is 0.234 e. The van der Waals surface area contributed by atoms with E-state index in [0.29, 0.717) is 23.6 Å². The Morgan fingerprint density at radius 1 is 1.04 bits per heavy atom. The van der Waals surface area contributed by atoms with E-state index in [-0.39, 0.29) is 11.7 Å². The second-order valence-corrected chi connectivity index (χ2v) is 7.86. The number of aromatic nitrogens is 3. The fourth-order valence-corrected chi connectivity index (χ4v) is 4.96.